The molecular weight excluding hydrogens is 242 g/mol. The number of nitrogens with zero attached hydrogens (tertiary/aromatic N) is 1. The standard InChI is InChI=1S/C19H39N/c1-6-8-10-12-14-18(13-11-9-7-2)17(3)20-15-19(4,5)16-20/h17-18H,6-16H2,1-5H3. The molecule has 2 unspecified atom stereocenters. The van der Waals surface area contributed by atoms with Crippen molar-refractivity contribution in [2.45, 2.75) is 98.4 Å². The van der Waals surface area contributed by atoms with E-state index in [4.69, 9.17) is 0 Å². The molecule has 0 aliphatic carbocycles. The first kappa shape index (κ1) is 18.0. The minimum atomic E-state index is 0.574. The second-order valence-electron chi connectivity index (χ2n) is 7.91. The smallest absolute Gasteiger partial charge is 0.00956 e. The van der Waals surface area contributed by atoms with Gasteiger partial charge in [-0.15, -0.1) is 0 Å². The van der Waals surface area contributed by atoms with Crippen molar-refractivity contribution in [3.8, 4) is 0 Å². The molecule has 1 heterocycles. The number of likely N-dealkylation sites (tertiary alicyclic amines) is 1. The quantitative estimate of drug-likeness (QED) is 0.427. The predicted octanol–water partition coefficient (Wildman–Crippen LogP) is 5.88. The van der Waals surface area contributed by atoms with Crippen LogP contribution in [0.4, 0.5) is 0 Å². The van der Waals surface area contributed by atoms with Crippen molar-refractivity contribution in [2.24, 2.45) is 11.3 Å². The molecule has 1 heteroatoms. The number of rotatable bonds is 11. The zero-order valence-electron chi connectivity index (χ0n) is 14.9. The lowest BCUT2D eigenvalue weighted by Crippen LogP contribution is -2.58. The van der Waals surface area contributed by atoms with E-state index in [1.807, 2.05) is 0 Å². The summed E-state index contributed by atoms with van der Waals surface area (Å²) in [4.78, 5) is 2.73. The molecule has 1 rings (SSSR count). The van der Waals surface area contributed by atoms with E-state index in [1.54, 1.807) is 0 Å². The summed E-state index contributed by atoms with van der Waals surface area (Å²) in [5, 5.41) is 0. The molecule has 120 valence electrons. The van der Waals surface area contributed by atoms with Crippen LogP contribution in [-0.4, -0.2) is 24.0 Å². The van der Waals surface area contributed by atoms with Crippen molar-refractivity contribution in [1.29, 1.82) is 0 Å². The molecule has 20 heavy (non-hydrogen) atoms. The van der Waals surface area contributed by atoms with Gasteiger partial charge in [-0.3, -0.25) is 4.90 Å². The van der Waals surface area contributed by atoms with Crippen LogP contribution in [0.25, 0.3) is 0 Å². The van der Waals surface area contributed by atoms with Gasteiger partial charge in [-0.25, -0.2) is 0 Å². The first-order chi connectivity index (χ1) is 9.50. The zero-order chi connectivity index (χ0) is 15.0. The predicted molar refractivity (Wildman–Crippen MR) is 91.2 cm³/mol. The second-order valence-corrected chi connectivity index (χ2v) is 7.91. The zero-order valence-corrected chi connectivity index (χ0v) is 14.9. The van der Waals surface area contributed by atoms with Crippen LogP contribution in [0.3, 0.4) is 0 Å². The Balaban J connectivity index is 2.35. The van der Waals surface area contributed by atoms with E-state index in [2.05, 4.69) is 39.5 Å². The van der Waals surface area contributed by atoms with Gasteiger partial charge in [0.05, 0.1) is 0 Å². The highest BCUT2D eigenvalue weighted by Gasteiger charge is 2.38. The van der Waals surface area contributed by atoms with Gasteiger partial charge in [0.15, 0.2) is 0 Å². The Labute approximate surface area is 128 Å². The third-order valence-corrected chi connectivity index (χ3v) is 5.13. The maximum absolute atomic E-state index is 2.73. The van der Waals surface area contributed by atoms with Gasteiger partial charge in [-0.1, -0.05) is 72.6 Å². The molecule has 0 radical (unpaired) electrons. The summed E-state index contributed by atoms with van der Waals surface area (Å²) < 4.78 is 0. The minimum absolute atomic E-state index is 0.574. The largest absolute Gasteiger partial charge is 0.299 e. The Bertz CT molecular complexity index is 238. The van der Waals surface area contributed by atoms with E-state index in [1.165, 1.54) is 70.9 Å². The van der Waals surface area contributed by atoms with Crippen LogP contribution in [0.15, 0.2) is 0 Å². The van der Waals surface area contributed by atoms with Crippen LogP contribution in [0.1, 0.15) is 92.4 Å². The Hall–Kier alpha value is -0.0400. The summed E-state index contributed by atoms with van der Waals surface area (Å²) in [6, 6.07) is 0.807. The fraction of sp³-hybridized carbons (Fsp3) is 1.00. The number of unbranched alkanes of at least 4 members (excludes halogenated alkanes) is 5. The summed E-state index contributed by atoms with van der Waals surface area (Å²) in [6.45, 7) is 14.6. The fourth-order valence-corrected chi connectivity index (χ4v) is 3.76. The van der Waals surface area contributed by atoms with Gasteiger partial charge in [0.1, 0.15) is 0 Å². The van der Waals surface area contributed by atoms with Crippen LogP contribution >= 0.6 is 0 Å². The van der Waals surface area contributed by atoms with E-state index in [9.17, 15) is 0 Å². The molecule has 2 atom stereocenters. The van der Waals surface area contributed by atoms with E-state index >= 15 is 0 Å². The molecule has 1 saturated heterocycles. The lowest BCUT2D eigenvalue weighted by atomic mass is 9.79. The first-order valence-electron chi connectivity index (χ1n) is 9.24. The monoisotopic (exact) mass is 281 g/mol. The summed E-state index contributed by atoms with van der Waals surface area (Å²) in [6.07, 6.45) is 12.8. The molecular formula is C19H39N. The van der Waals surface area contributed by atoms with Crippen LogP contribution < -0.4 is 0 Å². The van der Waals surface area contributed by atoms with Gasteiger partial charge in [-0.2, -0.15) is 0 Å². The molecule has 0 saturated carbocycles. The molecule has 0 aromatic carbocycles. The second kappa shape index (κ2) is 9.07. The van der Waals surface area contributed by atoms with E-state index in [0.717, 1.165) is 12.0 Å². The number of hydrogen-bond donors (Lipinski definition) is 0. The van der Waals surface area contributed by atoms with Crippen molar-refractivity contribution < 1.29 is 0 Å². The third kappa shape index (κ3) is 6.16. The van der Waals surface area contributed by atoms with Gasteiger partial charge >= 0.3 is 0 Å². The lowest BCUT2D eigenvalue weighted by molar-refractivity contribution is -0.0228. The Kier molecular flexibility index (Phi) is 8.17. The molecule has 1 aliphatic heterocycles. The van der Waals surface area contributed by atoms with Crippen LogP contribution in [0.2, 0.25) is 0 Å². The van der Waals surface area contributed by atoms with Gasteiger partial charge < -0.3 is 0 Å². The highest BCUT2D eigenvalue weighted by Crippen LogP contribution is 2.35. The molecule has 0 aromatic rings. The van der Waals surface area contributed by atoms with Crippen LogP contribution in [-0.2, 0) is 0 Å². The highest BCUT2D eigenvalue weighted by molar-refractivity contribution is 4.92. The lowest BCUT2D eigenvalue weighted by Gasteiger charge is -2.51. The van der Waals surface area contributed by atoms with Gasteiger partial charge in [0.2, 0.25) is 0 Å². The van der Waals surface area contributed by atoms with E-state index in [-0.39, 0.29) is 0 Å². The van der Waals surface area contributed by atoms with Crippen molar-refractivity contribution >= 4 is 0 Å². The molecule has 0 aromatic heterocycles. The van der Waals surface area contributed by atoms with Crippen molar-refractivity contribution in [3.63, 3.8) is 0 Å². The fourth-order valence-electron chi connectivity index (χ4n) is 3.76. The minimum Gasteiger partial charge on any atom is -0.299 e. The average molecular weight is 282 g/mol. The normalized spacial score (nSPS) is 21.4. The summed E-state index contributed by atoms with van der Waals surface area (Å²) in [5.74, 6) is 0.939. The van der Waals surface area contributed by atoms with E-state index in [0.29, 0.717) is 5.41 Å². The summed E-state index contributed by atoms with van der Waals surface area (Å²) in [7, 11) is 0. The van der Waals surface area contributed by atoms with Crippen LogP contribution in [0.5, 0.6) is 0 Å². The van der Waals surface area contributed by atoms with Crippen molar-refractivity contribution in [2.75, 3.05) is 13.1 Å². The summed E-state index contributed by atoms with van der Waals surface area (Å²) >= 11 is 0. The molecule has 1 fully saturated rings. The van der Waals surface area contributed by atoms with Gasteiger partial charge in [0, 0.05) is 19.1 Å². The molecule has 1 nitrogen and oxygen atoms in total. The molecule has 0 N–H and O–H groups in total. The Morgan fingerprint density at radius 3 is 1.85 bits per heavy atom. The molecule has 0 spiro atoms. The molecule has 1 aliphatic rings. The van der Waals surface area contributed by atoms with Crippen LogP contribution in [0, 0.1) is 11.3 Å². The Morgan fingerprint density at radius 1 is 0.850 bits per heavy atom. The van der Waals surface area contributed by atoms with Crippen molar-refractivity contribution in [1.82, 2.24) is 4.90 Å². The molecule has 0 bridgehead atoms. The first-order valence-corrected chi connectivity index (χ1v) is 9.24. The third-order valence-electron chi connectivity index (χ3n) is 5.13. The summed E-state index contributed by atoms with van der Waals surface area (Å²) in [5.41, 5.74) is 0.574. The van der Waals surface area contributed by atoms with Gasteiger partial charge in [0.25, 0.3) is 0 Å². The van der Waals surface area contributed by atoms with Crippen molar-refractivity contribution in [3.05, 3.63) is 0 Å². The van der Waals surface area contributed by atoms with E-state index < -0.39 is 0 Å². The molecule has 0 amide bonds. The maximum atomic E-state index is 2.73. The number of hydrogen-bond acceptors (Lipinski definition) is 1. The average Bonchev–Trinajstić information content (AvgIpc) is 2.38. The van der Waals surface area contributed by atoms with Gasteiger partial charge in [-0.05, 0) is 31.1 Å². The maximum Gasteiger partial charge on any atom is 0.00956 e. The highest BCUT2D eigenvalue weighted by atomic mass is 15.2. The topological polar surface area (TPSA) is 3.24 Å². The SMILES string of the molecule is CCCCCCC(CCCCC)C(C)N1CC(C)(C)C1. The Morgan fingerprint density at radius 2 is 1.35 bits per heavy atom.